The lowest BCUT2D eigenvalue weighted by atomic mass is 9.70. The minimum Gasteiger partial charge on any atom is -0.310 e. The lowest BCUT2D eigenvalue weighted by molar-refractivity contribution is 0.792. The van der Waals surface area contributed by atoms with E-state index < -0.39 is 16.2 Å². The zero-order valence-electron chi connectivity index (χ0n) is 44.7. The van der Waals surface area contributed by atoms with E-state index in [0.29, 0.717) is 0 Å². The van der Waals surface area contributed by atoms with Crippen molar-refractivity contribution in [2.45, 2.75) is 16.2 Å². The summed E-state index contributed by atoms with van der Waals surface area (Å²) in [5.74, 6) is 0. The SMILES string of the molecule is c1ccc2c(c1)-c1ccccc1C21c2ccccc2-c2ccc(-c3ccc(N(c4ccc5c(c4)C4(c6ccccc6-c6ccccc64)c4ccccc4-5)c4ccc5c(c4)C4(c6ccccc6-c6ccccc64)c4ccccc4-5)cc3)cc21. The third-order valence-electron chi connectivity index (χ3n) is 19.9. The molecule has 0 bridgehead atoms. The summed E-state index contributed by atoms with van der Waals surface area (Å²) in [7, 11) is 0. The molecule has 19 rings (SSSR count). The first-order valence-electron chi connectivity index (χ1n) is 28.9. The highest BCUT2D eigenvalue weighted by molar-refractivity contribution is 6.00. The molecule has 13 aromatic carbocycles. The van der Waals surface area contributed by atoms with Crippen LogP contribution >= 0.6 is 0 Å². The zero-order valence-corrected chi connectivity index (χ0v) is 44.7. The number of hydrogen-bond donors (Lipinski definition) is 0. The van der Waals surface area contributed by atoms with Crippen LogP contribution in [0.4, 0.5) is 17.1 Å². The molecule has 0 aliphatic heterocycles. The maximum Gasteiger partial charge on any atom is 0.0726 e. The molecule has 0 heterocycles. The van der Waals surface area contributed by atoms with E-state index in [0.717, 1.165) is 17.1 Å². The molecule has 378 valence electrons. The Morgan fingerprint density at radius 1 is 0.159 bits per heavy atom. The van der Waals surface area contributed by atoms with Gasteiger partial charge in [0.1, 0.15) is 0 Å². The highest BCUT2D eigenvalue weighted by atomic mass is 15.1. The van der Waals surface area contributed by atoms with E-state index in [1.165, 1.54) is 145 Å². The van der Waals surface area contributed by atoms with E-state index in [9.17, 15) is 0 Å². The average Bonchev–Trinajstić information content (AvgIpc) is 1.89. The van der Waals surface area contributed by atoms with Crippen LogP contribution in [0.15, 0.2) is 297 Å². The van der Waals surface area contributed by atoms with Gasteiger partial charge < -0.3 is 4.90 Å². The molecule has 0 N–H and O–H groups in total. The van der Waals surface area contributed by atoms with Gasteiger partial charge in [-0.25, -0.2) is 0 Å². The average molecular weight is 1040 g/mol. The Morgan fingerprint density at radius 2 is 0.366 bits per heavy atom. The molecule has 0 unspecified atom stereocenters. The largest absolute Gasteiger partial charge is 0.310 e. The Bertz CT molecular complexity index is 4570. The highest BCUT2D eigenvalue weighted by Crippen LogP contribution is 2.67. The van der Waals surface area contributed by atoms with Crippen molar-refractivity contribution in [1.82, 2.24) is 0 Å². The van der Waals surface area contributed by atoms with Crippen LogP contribution in [0.25, 0.3) is 77.9 Å². The van der Waals surface area contributed by atoms with Gasteiger partial charge in [-0.1, -0.05) is 255 Å². The number of benzene rings is 13. The summed E-state index contributed by atoms with van der Waals surface area (Å²) in [4.78, 5) is 2.54. The minimum atomic E-state index is -0.490. The zero-order chi connectivity index (χ0) is 53.5. The van der Waals surface area contributed by atoms with Crippen molar-refractivity contribution in [3.05, 3.63) is 364 Å². The molecule has 0 fully saturated rings. The van der Waals surface area contributed by atoms with E-state index >= 15 is 0 Å². The first kappa shape index (κ1) is 44.5. The van der Waals surface area contributed by atoms with Crippen LogP contribution in [0, 0.1) is 0 Å². The van der Waals surface area contributed by atoms with Gasteiger partial charge in [0.05, 0.1) is 16.2 Å². The third-order valence-corrected chi connectivity index (χ3v) is 19.9. The second-order valence-corrected chi connectivity index (χ2v) is 23.3. The number of hydrogen-bond acceptors (Lipinski definition) is 1. The van der Waals surface area contributed by atoms with Gasteiger partial charge in [-0.2, -0.15) is 0 Å². The normalized spacial score (nSPS) is 14.9. The van der Waals surface area contributed by atoms with Crippen molar-refractivity contribution in [2.75, 3.05) is 4.90 Å². The molecule has 6 aliphatic rings. The van der Waals surface area contributed by atoms with Crippen LogP contribution in [-0.4, -0.2) is 0 Å². The van der Waals surface area contributed by atoms with Gasteiger partial charge >= 0.3 is 0 Å². The molecule has 0 radical (unpaired) electrons. The Labute approximate surface area is 477 Å². The number of anilines is 3. The first-order valence-corrected chi connectivity index (χ1v) is 28.9. The number of rotatable bonds is 4. The predicted molar refractivity (Wildman–Crippen MR) is 335 cm³/mol. The fourth-order valence-corrected chi connectivity index (χ4v) is 17.0. The van der Waals surface area contributed by atoms with Crippen LogP contribution < -0.4 is 4.90 Å². The van der Waals surface area contributed by atoms with Crippen LogP contribution in [0.2, 0.25) is 0 Å². The minimum absolute atomic E-state index is 0.415. The molecular formula is C81H49N. The molecule has 0 saturated carbocycles. The van der Waals surface area contributed by atoms with Gasteiger partial charge in [0.2, 0.25) is 0 Å². The molecule has 0 saturated heterocycles. The van der Waals surface area contributed by atoms with Crippen molar-refractivity contribution >= 4 is 17.1 Å². The maximum atomic E-state index is 2.54. The quantitative estimate of drug-likeness (QED) is 0.170. The number of fused-ring (bicyclic) bond motifs is 30. The van der Waals surface area contributed by atoms with Crippen molar-refractivity contribution in [2.24, 2.45) is 0 Å². The maximum absolute atomic E-state index is 2.54. The van der Waals surface area contributed by atoms with Gasteiger partial charge in [-0.05, 0) is 187 Å². The Hall–Kier alpha value is -10.3. The van der Waals surface area contributed by atoms with Gasteiger partial charge in [0.25, 0.3) is 0 Å². The second kappa shape index (κ2) is 15.9. The Kier molecular flexibility index (Phi) is 8.65. The molecule has 0 aromatic heterocycles. The van der Waals surface area contributed by atoms with Crippen LogP contribution in [0.3, 0.4) is 0 Å². The molecule has 0 amide bonds. The van der Waals surface area contributed by atoms with Crippen LogP contribution in [0.1, 0.15) is 66.8 Å². The molecule has 13 aromatic rings. The molecule has 82 heavy (non-hydrogen) atoms. The van der Waals surface area contributed by atoms with Crippen molar-refractivity contribution < 1.29 is 0 Å². The topological polar surface area (TPSA) is 3.24 Å². The first-order chi connectivity index (χ1) is 40.7. The van der Waals surface area contributed by atoms with Gasteiger partial charge in [-0.3, -0.25) is 0 Å². The van der Waals surface area contributed by atoms with E-state index in [-0.39, 0.29) is 0 Å². The van der Waals surface area contributed by atoms with Crippen molar-refractivity contribution in [3.63, 3.8) is 0 Å². The molecular weight excluding hydrogens is 987 g/mol. The van der Waals surface area contributed by atoms with Gasteiger partial charge in [0.15, 0.2) is 0 Å². The summed E-state index contributed by atoms with van der Waals surface area (Å²) in [6.45, 7) is 0. The highest BCUT2D eigenvalue weighted by Gasteiger charge is 2.55. The molecule has 3 spiro atoms. The summed E-state index contributed by atoms with van der Waals surface area (Å²) < 4.78 is 0. The molecule has 1 nitrogen and oxygen atoms in total. The lowest BCUT2D eigenvalue weighted by Gasteiger charge is -2.33. The van der Waals surface area contributed by atoms with Crippen LogP contribution in [-0.2, 0) is 16.2 Å². The standard InChI is InChI=1S/C81H49N/c1-10-28-67-55(19-1)56-20-2-11-29-68(56)79(67)73-34-16-7-25-61(73)64-44-39-51(47-76(64)79)50-37-40-52(41-38-50)82(53-42-45-65-62-26-8-17-35-74(62)80(77(65)48-53)69-30-12-3-21-57(69)58-22-4-13-31-70(58)80)54-43-46-66-63-27-9-18-36-75(63)81(78(66)49-54)71-32-14-5-23-59(71)60-24-6-15-33-72(60)81/h1-49H. The molecule has 1 heteroatoms. The molecule has 0 atom stereocenters. The summed E-state index contributed by atoms with van der Waals surface area (Å²) in [6.07, 6.45) is 0. The fraction of sp³-hybridized carbons (Fsp3) is 0.0370. The van der Waals surface area contributed by atoms with E-state index in [1.54, 1.807) is 0 Å². The summed E-state index contributed by atoms with van der Waals surface area (Å²) in [5.41, 5.74) is 36.1. The smallest absolute Gasteiger partial charge is 0.0726 e. The monoisotopic (exact) mass is 1040 g/mol. The summed E-state index contributed by atoms with van der Waals surface area (Å²) in [6, 6.07) is 113. The van der Waals surface area contributed by atoms with E-state index in [2.05, 4.69) is 302 Å². The van der Waals surface area contributed by atoms with Gasteiger partial charge in [-0.15, -0.1) is 0 Å². The summed E-state index contributed by atoms with van der Waals surface area (Å²) in [5, 5.41) is 0. The molecule has 6 aliphatic carbocycles. The van der Waals surface area contributed by atoms with E-state index in [4.69, 9.17) is 0 Å². The summed E-state index contributed by atoms with van der Waals surface area (Å²) >= 11 is 0. The second-order valence-electron chi connectivity index (χ2n) is 23.3. The van der Waals surface area contributed by atoms with Crippen molar-refractivity contribution in [1.29, 1.82) is 0 Å². The Balaban J connectivity index is 0.828. The lowest BCUT2D eigenvalue weighted by Crippen LogP contribution is -2.26. The van der Waals surface area contributed by atoms with E-state index in [1.807, 2.05) is 0 Å². The number of nitrogens with zero attached hydrogens (tertiary/aromatic N) is 1. The third kappa shape index (κ3) is 5.27. The predicted octanol–water partition coefficient (Wildman–Crippen LogP) is 19.9. The fourth-order valence-electron chi connectivity index (χ4n) is 17.0. The van der Waals surface area contributed by atoms with Crippen molar-refractivity contribution in [3.8, 4) is 77.9 Å². The Morgan fingerprint density at radius 3 is 0.646 bits per heavy atom. The van der Waals surface area contributed by atoms with Crippen LogP contribution in [0.5, 0.6) is 0 Å². The van der Waals surface area contributed by atoms with Gasteiger partial charge in [0, 0.05) is 17.1 Å².